The van der Waals surface area contributed by atoms with Crippen LogP contribution in [0.15, 0.2) is 28.7 Å². The van der Waals surface area contributed by atoms with Crippen LogP contribution in [0.5, 0.6) is 5.88 Å². The number of nitro groups is 1. The van der Waals surface area contributed by atoms with Crippen LogP contribution in [-0.4, -0.2) is 47.8 Å². The van der Waals surface area contributed by atoms with E-state index in [0.29, 0.717) is 19.0 Å². The zero-order valence-electron chi connectivity index (χ0n) is 15.2. The molecule has 0 aliphatic carbocycles. The van der Waals surface area contributed by atoms with E-state index in [0.717, 1.165) is 29.6 Å². The van der Waals surface area contributed by atoms with Crippen molar-refractivity contribution in [2.75, 3.05) is 38.3 Å². The molecule has 26 heavy (non-hydrogen) atoms. The third-order valence-electron chi connectivity index (χ3n) is 3.31. The summed E-state index contributed by atoms with van der Waals surface area (Å²) >= 11 is 1.69. The predicted octanol–water partition coefficient (Wildman–Crippen LogP) is 3.39. The molecule has 0 radical (unpaired) electrons. The minimum atomic E-state index is -0.451. The van der Waals surface area contributed by atoms with E-state index in [-0.39, 0.29) is 11.5 Å². The third kappa shape index (κ3) is 6.23. The van der Waals surface area contributed by atoms with Gasteiger partial charge in [0.1, 0.15) is 11.5 Å². The number of nitrogens with zero attached hydrogens (tertiary/aromatic N) is 3. The number of pyridine rings is 1. The average molecular weight is 380 g/mol. The number of thioether (sulfide) groups is 1. The van der Waals surface area contributed by atoms with Crippen LogP contribution in [0.3, 0.4) is 0 Å². The van der Waals surface area contributed by atoms with E-state index < -0.39 is 4.92 Å². The van der Waals surface area contributed by atoms with Crippen LogP contribution in [0.2, 0.25) is 0 Å². The molecule has 0 unspecified atom stereocenters. The van der Waals surface area contributed by atoms with Gasteiger partial charge in [-0.15, -0.1) is 0 Å². The van der Waals surface area contributed by atoms with Crippen LogP contribution < -0.4 is 10.1 Å². The van der Waals surface area contributed by atoms with E-state index in [1.807, 2.05) is 33.2 Å². The quantitative estimate of drug-likeness (QED) is 0.360. The highest BCUT2D eigenvalue weighted by Gasteiger charge is 2.16. The number of furan rings is 1. The van der Waals surface area contributed by atoms with Crippen molar-refractivity contribution in [1.82, 2.24) is 9.88 Å². The molecule has 0 aliphatic rings. The molecule has 1 N–H and O–H groups in total. The van der Waals surface area contributed by atoms with E-state index in [4.69, 9.17) is 9.15 Å². The molecule has 0 aliphatic heterocycles. The molecule has 8 nitrogen and oxygen atoms in total. The zero-order valence-corrected chi connectivity index (χ0v) is 16.0. The fourth-order valence-electron chi connectivity index (χ4n) is 2.25. The molecular formula is C17H24N4O4S. The minimum absolute atomic E-state index is 0.0576. The average Bonchev–Trinajstić information content (AvgIpc) is 3.01. The Bertz CT molecular complexity index is 721. The summed E-state index contributed by atoms with van der Waals surface area (Å²) in [5.74, 6) is 3.99. The number of aromatic nitrogens is 1. The van der Waals surface area contributed by atoms with Crippen molar-refractivity contribution in [3.63, 3.8) is 0 Å². The van der Waals surface area contributed by atoms with Crippen LogP contribution in [-0.2, 0) is 12.3 Å². The Kier molecular flexibility index (Phi) is 7.73. The van der Waals surface area contributed by atoms with Crippen molar-refractivity contribution in [3.05, 3.63) is 45.9 Å². The van der Waals surface area contributed by atoms with Gasteiger partial charge in [0.25, 0.3) is 0 Å². The molecule has 0 saturated carbocycles. The Morgan fingerprint density at radius 3 is 2.77 bits per heavy atom. The Morgan fingerprint density at radius 1 is 1.31 bits per heavy atom. The molecule has 0 atom stereocenters. The second-order valence-corrected chi connectivity index (χ2v) is 6.90. The van der Waals surface area contributed by atoms with Gasteiger partial charge in [0.2, 0.25) is 11.7 Å². The highest BCUT2D eigenvalue weighted by molar-refractivity contribution is 7.98. The lowest BCUT2D eigenvalue weighted by atomic mass is 10.4. The van der Waals surface area contributed by atoms with Gasteiger partial charge in [0.15, 0.2) is 0 Å². The normalized spacial score (nSPS) is 10.9. The van der Waals surface area contributed by atoms with Gasteiger partial charge in [-0.1, -0.05) is 0 Å². The SMILES string of the molecule is CCOc1ccc([N+](=O)[O-])c(NCCSCc2ccc(CN(C)C)o2)n1. The van der Waals surface area contributed by atoms with Gasteiger partial charge in [-0.2, -0.15) is 16.7 Å². The Morgan fingerprint density at radius 2 is 2.08 bits per heavy atom. The van der Waals surface area contributed by atoms with Gasteiger partial charge >= 0.3 is 5.69 Å². The molecule has 142 valence electrons. The summed E-state index contributed by atoms with van der Waals surface area (Å²) in [4.78, 5) is 16.9. The smallest absolute Gasteiger partial charge is 0.311 e. The summed E-state index contributed by atoms with van der Waals surface area (Å²) in [6.07, 6.45) is 0. The first-order valence-corrected chi connectivity index (χ1v) is 9.47. The van der Waals surface area contributed by atoms with Crippen LogP contribution in [0.1, 0.15) is 18.4 Å². The standard InChI is InChI=1S/C17H24N4O4S/c1-4-24-16-8-7-15(21(22)23)17(19-16)18-9-10-26-12-14-6-5-13(25-14)11-20(2)3/h5-8H,4,9-12H2,1-3H3,(H,18,19). The lowest BCUT2D eigenvalue weighted by Crippen LogP contribution is -2.09. The molecule has 0 saturated heterocycles. The first-order chi connectivity index (χ1) is 12.5. The first-order valence-electron chi connectivity index (χ1n) is 8.31. The maximum Gasteiger partial charge on any atom is 0.311 e. The summed E-state index contributed by atoms with van der Waals surface area (Å²) in [7, 11) is 3.99. The van der Waals surface area contributed by atoms with E-state index in [1.54, 1.807) is 11.8 Å². The van der Waals surface area contributed by atoms with Crippen LogP contribution in [0.4, 0.5) is 11.5 Å². The summed E-state index contributed by atoms with van der Waals surface area (Å²) in [6.45, 7) is 3.63. The molecule has 2 aromatic rings. The lowest BCUT2D eigenvalue weighted by molar-refractivity contribution is -0.384. The Hall–Kier alpha value is -2.26. The van der Waals surface area contributed by atoms with Crippen LogP contribution in [0, 0.1) is 10.1 Å². The van der Waals surface area contributed by atoms with Gasteiger partial charge in [0, 0.05) is 24.4 Å². The summed E-state index contributed by atoms with van der Waals surface area (Å²) < 4.78 is 11.1. The lowest BCUT2D eigenvalue weighted by Gasteiger charge is -2.08. The van der Waals surface area contributed by atoms with Crippen molar-refractivity contribution in [2.24, 2.45) is 0 Å². The zero-order chi connectivity index (χ0) is 18.9. The van der Waals surface area contributed by atoms with Gasteiger partial charge in [-0.25, -0.2) is 0 Å². The second-order valence-electron chi connectivity index (χ2n) is 5.79. The monoisotopic (exact) mass is 380 g/mol. The fraction of sp³-hybridized carbons (Fsp3) is 0.471. The summed E-state index contributed by atoms with van der Waals surface area (Å²) in [6, 6.07) is 6.88. The molecule has 2 heterocycles. The van der Waals surface area contributed by atoms with Crippen molar-refractivity contribution in [2.45, 2.75) is 19.2 Å². The number of rotatable bonds is 11. The van der Waals surface area contributed by atoms with Crippen molar-refractivity contribution in [1.29, 1.82) is 0 Å². The number of hydrogen-bond acceptors (Lipinski definition) is 8. The summed E-state index contributed by atoms with van der Waals surface area (Å²) in [5, 5.41) is 14.1. The van der Waals surface area contributed by atoms with E-state index >= 15 is 0 Å². The molecular weight excluding hydrogens is 356 g/mol. The Labute approximate surface area is 157 Å². The van der Waals surface area contributed by atoms with E-state index in [9.17, 15) is 10.1 Å². The molecule has 2 rings (SSSR count). The van der Waals surface area contributed by atoms with Crippen molar-refractivity contribution in [3.8, 4) is 5.88 Å². The number of nitrogens with one attached hydrogen (secondary N) is 1. The van der Waals surface area contributed by atoms with E-state index in [1.165, 1.54) is 12.1 Å². The highest BCUT2D eigenvalue weighted by Crippen LogP contribution is 2.25. The minimum Gasteiger partial charge on any atom is -0.478 e. The molecule has 0 bridgehead atoms. The first kappa shape index (κ1) is 20.1. The largest absolute Gasteiger partial charge is 0.478 e. The molecule has 0 amide bonds. The maximum atomic E-state index is 11.1. The van der Waals surface area contributed by atoms with Crippen LogP contribution >= 0.6 is 11.8 Å². The Balaban J connectivity index is 1.81. The van der Waals surface area contributed by atoms with Crippen LogP contribution in [0.25, 0.3) is 0 Å². The third-order valence-corrected chi connectivity index (χ3v) is 4.29. The van der Waals surface area contributed by atoms with Crippen molar-refractivity contribution < 1.29 is 14.1 Å². The van der Waals surface area contributed by atoms with Crippen molar-refractivity contribution >= 4 is 23.3 Å². The second kappa shape index (κ2) is 10.0. The molecule has 0 spiro atoms. The molecule has 9 heteroatoms. The number of anilines is 1. The van der Waals surface area contributed by atoms with Gasteiger partial charge in [0.05, 0.1) is 23.8 Å². The topological polar surface area (TPSA) is 93.7 Å². The van der Waals surface area contributed by atoms with E-state index in [2.05, 4.69) is 15.2 Å². The highest BCUT2D eigenvalue weighted by atomic mass is 32.2. The molecule has 0 fully saturated rings. The number of hydrogen-bond donors (Lipinski definition) is 1. The predicted molar refractivity (Wildman–Crippen MR) is 103 cm³/mol. The maximum absolute atomic E-state index is 11.1. The van der Waals surface area contributed by atoms with Gasteiger partial charge < -0.3 is 19.4 Å². The summed E-state index contributed by atoms with van der Waals surface area (Å²) in [5.41, 5.74) is -0.0576. The molecule has 0 aromatic carbocycles. The molecule has 2 aromatic heterocycles. The number of ether oxygens (including phenoxy) is 1. The fourth-order valence-corrected chi connectivity index (χ4v) is 3.00. The van der Waals surface area contributed by atoms with Gasteiger partial charge in [-0.3, -0.25) is 10.1 Å². The van der Waals surface area contributed by atoms with Gasteiger partial charge in [-0.05, 0) is 33.2 Å².